The molecule has 2 aromatic rings. The fraction of sp³-hybridized carbons (Fsp3) is 0. The number of hydrogen-bond acceptors (Lipinski definition) is 3. The van der Waals surface area contributed by atoms with Gasteiger partial charge in [-0.3, -0.25) is 10.1 Å². The van der Waals surface area contributed by atoms with Crippen molar-refractivity contribution in [3.63, 3.8) is 0 Å². The summed E-state index contributed by atoms with van der Waals surface area (Å²) in [6.07, 6.45) is 0. The Bertz CT molecular complexity index is 584. The van der Waals surface area contributed by atoms with Crippen LogP contribution in [0.1, 0.15) is 0 Å². The number of hydrogen-bond donors (Lipinski definition) is 1. The van der Waals surface area contributed by atoms with Gasteiger partial charge in [-0.15, -0.1) is 0 Å². The first kappa shape index (κ1) is 11.1. The summed E-state index contributed by atoms with van der Waals surface area (Å²) in [6.45, 7) is 0. The van der Waals surface area contributed by atoms with Crippen LogP contribution in [-0.2, 0) is 0 Å². The van der Waals surface area contributed by atoms with Gasteiger partial charge in [0.2, 0.25) is 0 Å². The maximum absolute atomic E-state index is 12.8. The largest absolute Gasteiger partial charge is 0.507 e. The lowest BCUT2D eigenvalue weighted by atomic mass is 10.0. The summed E-state index contributed by atoms with van der Waals surface area (Å²) >= 11 is 0. The van der Waals surface area contributed by atoms with Crippen molar-refractivity contribution in [2.24, 2.45) is 0 Å². The lowest BCUT2D eigenvalue weighted by Crippen LogP contribution is -1.88. The molecule has 0 aliphatic rings. The van der Waals surface area contributed by atoms with Crippen LogP contribution in [0.25, 0.3) is 11.1 Å². The number of non-ortho nitro benzene ring substituents is 1. The third-order valence-electron chi connectivity index (χ3n) is 2.33. The lowest BCUT2D eigenvalue weighted by Gasteiger charge is -2.04. The summed E-state index contributed by atoms with van der Waals surface area (Å²) in [5.74, 6) is -0.804. The molecule has 4 nitrogen and oxygen atoms in total. The molecule has 2 rings (SSSR count). The molecule has 0 atom stereocenters. The van der Waals surface area contributed by atoms with Gasteiger partial charge in [-0.1, -0.05) is 12.1 Å². The standard InChI is InChI=1S/C12H8FNO3/c13-9-4-5-11(12(15)7-9)8-2-1-3-10(6-8)14(16)17/h1-7,15H. The Balaban J connectivity index is 2.53. The minimum atomic E-state index is -0.559. The average molecular weight is 233 g/mol. The predicted octanol–water partition coefficient (Wildman–Crippen LogP) is 3.11. The maximum atomic E-state index is 12.8. The van der Waals surface area contributed by atoms with Crippen LogP contribution in [0.4, 0.5) is 10.1 Å². The van der Waals surface area contributed by atoms with E-state index >= 15 is 0 Å². The van der Waals surface area contributed by atoms with E-state index in [1.54, 1.807) is 6.07 Å². The maximum Gasteiger partial charge on any atom is 0.270 e. The number of phenolic OH excluding ortho intramolecular Hbond substituents is 1. The summed E-state index contributed by atoms with van der Waals surface area (Å²) in [7, 11) is 0. The van der Waals surface area contributed by atoms with E-state index in [9.17, 15) is 19.6 Å². The van der Waals surface area contributed by atoms with E-state index in [0.29, 0.717) is 11.1 Å². The molecule has 0 aliphatic carbocycles. The summed E-state index contributed by atoms with van der Waals surface area (Å²) in [4.78, 5) is 10.1. The molecule has 0 bridgehead atoms. The molecule has 0 aliphatic heterocycles. The molecule has 0 amide bonds. The molecular weight excluding hydrogens is 225 g/mol. The van der Waals surface area contributed by atoms with Crippen LogP contribution in [0.15, 0.2) is 42.5 Å². The van der Waals surface area contributed by atoms with E-state index < -0.39 is 10.7 Å². The number of nitro benzene ring substituents is 1. The molecule has 0 spiro atoms. The van der Waals surface area contributed by atoms with Crippen LogP contribution in [0, 0.1) is 15.9 Å². The lowest BCUT2D eigenvalue weighted by molar-refractivity contribution is -0.384. The number of halogens is 1. The summed E-state index contributed by atoms with van der Waals surface area (Å²) in [6, 6.07) is 9.33. The highest BCUT2D eigenvalue weighted by Crippen LogP contribution is 2.31. The van der Waals surface area contributed by atoms with Crippen molar-refractivity contribution >= 4 is 5.69 Å². The molecule has 0 unspecified atom stereocenters. The van der Waals surface area contributed by atoms with Crippen molar-refractivity contribution in [2.45, 2.75) is 0 Å². The summed E-state index contributed by atoms with van der Waals surface area (Å²) in [5.41, 5.74) is 0.748. The average Bonchev–Trinajstić information content (AvgIpc) is 2.29. The van der Waals surface area contributed by atoms with E-state index in [-0.39, 0.29) is 11.4 Å². The molecule has 2 aromatic carbocycles. The second kappa shape index (κ2) is 4.21. The van der Waals surface area contributed by atoms with Crippen LogP contribution < -0.4 is 0 Å². The number of rotatable bonds is 2. The highest BCUT2D eigenvalue weighted by molar-refractivity contribution is 5.71. The highest BCUT2D eigenvalue weighted by atomic mass is 19.1. The molecular formula is C12H8FNO3. The number of nitrogens with zero attached hydrogens (tertiary/aromatic N) is 1. The SMILES string of the molecule is O=[N+]([O-])c1cccc(-c2ccc(F)cc2O)c1. The molecule has 0 saturated carbocycles. The Morgan fingerprint density at radius 2 is 1.94 bits per heavy atom. The number of benzene rings is 2. The molecule has 1 N–H and O–H groups in total. The molecule has 0 aromatic heterocycles. The van der Waals surface area contributed by atoms with E-state index in [1.807, 2.05) is 0 Å². The smallest absolute Gasteiger partial charge is 0.270 e. The van der Waals surface area contributed by atoms with Crippen molar-refractivity contribution in [1.29, 1.82) is 0 Å². The fourth-order valence-corrected chi connectivity index (χ4v) is 1.54. The summed E-state index contributed by atoms with van der Waals surface area (Å²) < 4.78 is 12.8. The van der Waals surface area contributed by atoms with Crippen LogP contribution in [-0.4, -0.2) is 10.0 Å². The second-order valence-electron chi connectivity index (χ2n) is 3.47. The van der Waals surface area contributed by atoms with Gasteiger partial charge in [0.1, 0.15) is 11.6 Å². The first-order valence-electron chi connectivity index (χ1n) is 4.81. The normalized spacial score (nSPS) is 10.2. The minimum absolute atomic E-state index is 0.0776. The van der Waals surface area contributed by atoms with E-state index in [4.69, 9.17) is 0 Å². The molecule has 17 heavy (non-hydrogen) atoms. The quantitative estimate of drug-likeness (QED) is 0.640. The van der Waals surface area contributed by atoms with Crippen LogP contribution >= 0.6 is 0 Å². The topological polar surface area (TPSA) is 63.4 Å². The Kier molecular flexibility index (Phi) is 2.74. The van der Waals surface area contributed by atoms with Gasteiger partial charge in [0.25, 0.3) is 5.69 Å². The van der Waals surface area contributed by atoms with E-state index in [1.165, 1.54) is 30.3 Å². The van der Waals surface area contributed by atoms with Crippen molar-refractivity contribution in [2.75, 3.05) is 0 Å². The first-order valence-corrected chi connectivity index (χ1v) is 4.81. The zero-order chi connectivity index (χ0) is 12.4. The monoisotopic (exact) mass is 233 g/mol. The molecule has 86 valence electrons. The van der Waals surface area contributed by atoms with Gasteiger partial charge in [-0.05, 0) is 17.7 Å². The first-order chi connectivity index (χ1) is 8.08. The third-order valence-corrected chi connectivity index (χ3v) is 2.33. The molecule has 0 radical (unpaired) electrons. The van der Waals surface area contributed by atoms with Crippen molar-refractivity contribution < 1.29 is 14.4 Å². The summed E-state index contributed by atoms with van der Waals surface area (Å²) in [5, 5.41) is 20.2. The van der Waals surface area contributed by atoms with Gasteiger partial charge >= 0.3 is 0 Å². The van der Waals surface area contributed by atoms with Crippen molar-refractivity contribution in [1.82, 2.24) is 0 Å². The predicted molar refractivity (Wildman–Crippen MR) is 60.2 cm³/mol. The van der Waals surface area contributed by atoms with Crippen molar-refractivity contribution in [3.8, 4) is 16.9 Å². The number of phenols is 1. The fourth-order valence-electron chi connectivity index (χ4n) is 1.54. The van der Waals surface area contributed by atoms with Crippen LogP contribution in [0.3, 0.4) is 0 Å². The molecule has 0 heterocycles. The zero-order valence-corrected chi connectivity index (χ0v) is 8.63. The van der Waals surface area contributed by atoms with Crippen molar-refractivity contribution in [3.05, 3.63) is 58.4 Å². The molecule has 0 fully saturated rings. The Morgan fingerprint density at radius 3 is 2.59 bits per heavy atom. The van der Waals surface area contributed by atoms with E-state index in [0.717, 1.165) is 6.07 Å². The van der Waals surface area contributed by atoms with Gasteiger partial charge in [0, 0.05) is 23.8 Å². The van der Waals surface area contributed by atoms with Gasteiger partial charge in [-0.2, -0.15) is 0 Å². The zero-order valence-electron chi connectivity index (χ0n) is 8.63. The van der Waals surface area contributed by atoms with E-state index in [2.05, 4.69) is 0 Å². The van der Waals surface area contributed by atoms with Gasteiger partial charge in [0.05, 0.1) is 4.92 Å². The van der Waals surface area contributed by atoms with Gasteiger partial charge in [0.15, 0.2) is 0 Å². The minimum Gasteiger partial charge on any atom is -0.507 e. The molecule has 0 saturated heterocycles. The molecule has 5 heteroatoms. The van der Waals surface area contributed by atoms with Gasteiger partial charge in [-0.25, -0.2) is 4.39 Å². The Hall–Kier alpha value is -2.43. The number of aromatic hydroxyl groups is 1. The number of nitro groups is 1. The van der Waals surface area contributed by atoms with Crippen LogP contribution in [0.2, 0.25) is 0 Å². The highest BCUT2D eigenvalue weighted by Gasteiger charge is 2.10. The third kappa shape index (κ3) is 2.23. The van der Waals surface area contributed by atoms with Gasteiger partial charge < -0.3 is 5.11 Å². The second-order valence-corrected chi connectivity index (χ2v) is 3.47. The Labute approximate surface area is 96.1 Å². The Morgan fingerprint density at radius 1 is 1.18 bits per heavy atom. The van der Waals surface area contributed by atoms with Crippen LogP contribution in [0.5, 0.6) is 5.75 Å².